The van der Waals surface area contributed by atoms with E-state index in [2.05, 4.69) is 10.3 Å². The molecule has 2 aromatic carbocycles. The fraction of sp³-hybridized carbons (Fsp3) is 0.211. The van der Waals surface area contributed by atoms with Crippen LogP contribution in [0.1, 0.15) is 34.2 Å². The standard InChI is InChI=1S/C19H19N3O3/c1-12-20-16-10-14(8-9-17(16)22(12)2)19(25)21-15(11-18(23)24)13-6-4-3-5-7-13/h3-10,15H,11H2,1-2H3,(H,21,25)(H,23,24)/t15-/m0/s1. The van der Waals surface area contributed by atoms with E-state index in [1.165, 1.54) is 0 Å². The molecule has 128 valence electrons. The van der Waals surface area contributed by atoms with E-state index < -0.39 is 12.0 Å². The van der Waals surface area contributed by atoms with Gasteiger partial charge in [-0.25, -0.2) is 4.98 Å². The topological polar surface area (TPSA) is 84.2 Å². The number of benzene rings is 2. The molecule has 6 nitrogen and oxygen atoms in total. The van der Waals surface area contributed by atoms with Gasteiger partial charge >= 0.3 is 5.97 Å². The number of carbonyl (C=O) groups excluding carboxylic acids is 1. The van der Waals surface area contributed by atoms with Crippen molar-refractivity contribution in [1.29, 1.82) is 0 Å². The Morgan fingerprint density at radius 1 is 1.20 bits per heavy atom. The molecule has 0 saturated carbocycles. The highest BCUT2D eigenvalue weighted by Crippen LogP contribution is 2.20. The van der Waals surface area contributed by atoms with Crippen LogP contribution < -0.4 is 5.32 Å². The number of carboxylic acids is 1. The summed E-state index contributed by atoms with van der Waals surface area (Å²) in [7, 11) is 1.92. The highest BCUT2D eigenvalue weighted by atomic mass is 16.4. The Balaban J connectivity index is 1.87. The van der Waals surface area contributed by atoms with Gasteiger partial charge in [-0.1, -0.05) is 30.3 Å². The van der Waals surface area contributed by atoms with E-state index in [0.29, 0.717) is 5.56 Å². The quantitative estimate of drug-likeness (QED) is 0.750. The van der Waals surface area contributed by atoms with E-state index in [1.54, 1.807) is 24.3 Å². The first-order valence-corrected chi connectivity index (χ1v) is 7.96. The molecule has 0 unspecified atom stereocenters. The van der Waals surface area contributed by atoms with Crippen molar-refractivity contribution in [2.24, 2.45) is 7.05 Å². The number of fused-ring (bicyclic) bond motifs is 1. The lowest BCUT2D eigenvalue weighted by atomic mass is 10.0. The zero-order valence-electron chi connectivity index (χ0n) is 14.1. The largest absolute Gasteiger partial charge is 0.481 e. The highest BCUT2D eigenvalue weighted by Gasteiger charge is 2.19. The minimum atomic E-state index is -0.968. The van der Waals surface area contributed by atoms with E-state index in [4.69, 9.17) is 5.11 Å². The van der Waals surface area contributed by atoms with Crippen LogP contribution in [-0.4, -0.2) is 26.5 Å². The van der Waals surface area contributed by atoms with Crippen molar-refractivity contribution in [2.45, 2.75) is 19.4 Å². The molecule has 0 aliphatic carbocycles. The molecule has 3 aromatic rings. The molecule has 0 bridgehead atoms. The zero-order chi connectivity index (χ0) is 18.0. The summed E-state index contributed by atoms with van der Waals surface area (Å²) in [6.07, 6.45) is -0.180. The predicted molar refractivity (Wildman–Crippen MR) is 94.4 cm³/mol. The van der Waals surface area contributed by atoms with Crippen LogP contribution in [0, 0.1) is 6.92 Å². The van der Waals surface area contributed by atoms with Gasteiger partial charge in [0.25, 0.3) is 5.91 Å². The second kappa shape index (κ2) is 6.76. The van der Waals surface area contributed by atoms with Crippen LogP contribution in [0.25, 0.3) is 11.0 Å². The number of aryl methyl sites for hydroxylation is 2. The zero-order valence-corrected chi connectivity index (χ0v) is 14.1. The molecule has 0 fully saturated rings. The van der Waals surface area contributed by atoms with Gasteiger partial charge in [-0.15, -0.1) is 0 Å². The monoisotopic (exact) mass is 337 g/mol. The fourth-order valence-electron chi connectivity index (χ4n) is 2.82. The van der Waals surface area contributed by atoms with E-state index in [-0.39, 0.29) is 12.3 Å². The van der Waals surface area contributed by atoms with Gasteiger partial charge in [0.15, 0.2) is 0 Å². The van der Waals surface area contributed by atoms with Crippen LogP contribution in [0.5, 0.6) is 0 Å². The summed E-state index contributed by atoms with van der Waals surface area (Å²) in [6, 6.07) is 13.8. The summed E-state index contributed by atoms with van der Waals surface area (Å²) in [6.45, 7) is 1.90. The Morgan fingerprint density at radius 3 is 2.60 bits per heavy atom. The molecule has 3 rings (SSSR count). The number of nitrogens with one attached hydrogen (secondary N) is 1. The van der Waals surface area contributed by atoms with Crippen molar-refractivity contribution in [1.82, 2.24) is 14.9 Å². The smallest absolute Gasteiger partial charge is 0.305 e. The summed E-state index contributed by atoms with van der Waals surface area (Å²) in [5, 5.41) is 12.0. The number of carbonyl (C=O) groups is 2. The molecule has 1 atom stereocenters. The Labute approximate surface area is 145 Å². The van der Waals surface area contributed by atoms with E-state index in [0.717, 1.165) is 22.4 Å². The molecule has 1 aromatic heterocycles. The van der Waals surface area contributed by atoms with Crippen LogP contribution in [0.15, 0.2) is 48.5 Å². The number of aromatic nitrogens is 2. The first kappa shape index (κ1) is 16.7. The molecular formula is C19H19N3O3. The molecule has 6 heteroatoms. The third-order valence-corrected chi connectivity index (χ3v) is 4.25. The van der Waals surface area contributed by atoms with E-state index in [9.17, 15) is 9.59 Å². The maximum Gasteiger partial charge on any atom is 0.305 e. The maximum absolute atomic E-state index is 12.6. The first-order valence-electron chi connectivity index (χ1n) is 7.96. The van der Waals surface area contributed by atoms with Crippen molar-refractivity contribution >= 4 is 22.9 Å². The fourth-order valence-corrected chi connectivity index (χ4v) is 2.82. The number of aliphatic carboxylic acids is 1. The van der Waals surface area contributed by atoms with Crippen LogP contribution in [0.4, 0.5) is 0 Å². The average Bonchev–Trinajstić information content (AvgIpc) is 2.88. The lowest BCUT2D eigenvalue weighted by Gasteiger charge is -2.17. The summed E-state index contributed by atoms with van der Waals surface area (Å²) in [4.78, 5) is 28.2. The molecule has 1 amide bonds. The molecule has 25 heavy (non-hydrogen) atoms. The lowest BCUT2D eigenvalue weighted by molar-refractivity contribution is -0.137. The van der Waals surface area contributed by atoms with Gasteiger partial charge in [0.05, 0.1) is 23.5 Å². The number of rotatable bonds is 5. The number of nitrogens with zero attached hydrogens (tertiary/aromatic N) is 2. The molecular weight excluding hydrogens is 318 g/mol. The van der Waals surface area contributed by atoms with Gasteiger partial charge in [-0.2, -0.15) is 0 Å². The van der Waals surface area contributed by atoms with Gasteiger partial charge < -0.3 is 15.0 Å². The van der Waals surface area contributed by atoms with E-state index >= 15 is 0 Å². The van der Waals surface area contributed by atoms with Gasteiger partial charge in [0, 0.05) is 12.6 Å². The van der Waals surface area contributed by atoms with Crippen LogP contribution >= 0.6 is 0 Å². The summed E-state index contributed by atoms with van der Waals surface area (Å²) < 4.78 is 1.95. The third kappa shape index (κ3) is 3.52. The Kier molecular flexibility index (Phi) is 4.52. The van der Waals surface area contributed by atoms with Crippen molar-refractivity contribution < 1.29 is 14.7 Å². The van der Waals surface area contributed by atoms with Crippen molar-refractivity contribution in [3.05, 3.63) is 65.5 Å². The molecule has 0 aliphatic rings. The molecule has 2 N–H and O–H groups in total. The average molecular weight is 337 g/mol. The first-order chi connectivity index (χ1) is 12.0. The van der Waals surface area contributed by atoms with Gasteiger partial charge in [0.2, 0.25) is 0 Å². The minimum absolute atomic E-state index is 0.180. The number of hydrogen-bond acceptors (Lipinski definition) is 3. The number of hydrogen-bond donors (Lipinski definition) is 2. The molecule has 1 heterocycles. The predicted octanol–water partition coefficient (Wildman–Crippen LogP) is 2.83. The van der Waals surface area contributed by atoms with Crippen LogP contribution in [0.3, 0.4) is 0 Å². The number of imidazole rings is 1. The maximum atomic E-state index is 12.6. The lowest BCUT2D eigenvalue weighted by Crippen LogP contribution is -2.30. The highest BCUT2D eigenvalue weighted by molar-refractivity contribution is 5.97. The third-order valence-electron chi connectivity index (χ3n) is 4.25. The van der Waals surface area contributed by atoms with Crippen LogP contribution in [0.2, 0.25) is 0 Å². The Bertz CT molecular complexity index is 932. The van der Waals surface area contributed by atoms with Crippen molar-refractivity contribution in [2.75, 3.05) is 0 Å². The van der Waals surface area contributed by atoms with Gasteiger partial charge in [-0.3, -0.25) is 9.59 Å². The molecule has 0 spiro atoms. The second-order valence-electron chi connectivity index (χ2n) is 5.96. The Morgan fingerprint density at radius 2 is 1.92 bits per heavy atom. The number of carboxylic acid groups (broad SMARTS) is 1. The summed E-state index contributed by atoms with van der Waals surface area (Å²) in [5.74, 6) is -0.425. The number of amides is 1. The van der Waals surface area contributed by atoms with Crippen LogP contribution in [-0.2, 0) is 11.8 Å². The Hall–Kier alpha value is -3.15. The van der Waals surface area contributed by atoms with Crippen molar-refractivity contribution in [3.63, 3.8) is 0 Å². The summed E-state index contributed by atoms with van der Waals surface area (Å²) >= 11 is 0. The SMILES string of the molecule is Cc1nc2cc(C(=O)N[C@@H](CC(=O)O)c3ccccc3)ccc2n1C. The normalized spacial score (nSPS) is 12.1. The molecule has 0 aliphatic heterocycles. The van der Waals surface area contributed by atoms with Crippen molar-refractivity contribution in [3.8, 4) is 0 Å². The summed E-state index contributed by atoms with van der Waals surface area (Å²) in [5.41, 5.74) is 2.89. The van der Waals surface area contributed by atoms with Gasteiger partial charge in [0.1, 0.15) is 5.82 Å². The second-order valence-corrected chi connectivity index (χ2v) is 5.96. The minimum Gasteiger partial charge on any atom is -0.481 e. The van der Waals surface area contributed by atoms with E-state index in [1.807, 2.05) is 42.8 Å². The molecule has 0 radical (unpaired) electrons. The van der Waals surface area contributed by atoms with Gasteiger partial charge in [-0.05, 0) is 30.7 Å². The molecule has 0 saturated heterocycles.